The Morgan fingerprint density at radius 3 is 2.38 bits per heavy atom. The summed E-state index contributed by atoms with van der Waals surface area (Å²) in [5.74, 6) is -0.0450. The number of esters is 1. The Morgan fingerprint density at radius 1 is 1.00 bits per heavy atom. The van der Waals surface area contributed by atoms with Gasteiger partial charge in [-0.15, -0.1) is 0 Å². The molecule has 0 aliphatic carbocycles. The molecule has 26 heavy (non-hydrogen) atoms. The highest BCUT2D eigenvalue weighted by atomic mass is 16.5. The molecule has 0 fully saturated rings. The molecule has 0 spiro atoms. The van der Waals surface area contributed by atoms with Crippen LogP contribution in [0.4, 0.5) is 5.69 Å². The molecule has 2 rings (SSSR count). The number of benzene rings is 2. The summed E-state index contributed by atoms with van der Waals surface area (Å²) < 4.78 is 15.7. The SMILES string of the molecule is COC(=O)c1ccc(O[C@@H](C)C(=O)Nc2cc(C)ccc2C)c(OC)c1. The fraction of sp³-hybridized carbons (Fsp3) is 0.300. The molecule has 1 amide bonds. The van der Waals surface area contributed by atoms with Crippen LogP contribution in [-0.4, -0.2) is 32.2 Å². The third-order valence-corrected chi connectivity index (χ3v) is 3.91. The lowest BCUT2D eigenvalue weighted by Crippen LogP contribution is -2.30. The van der Waals surface area contributed by atoms with E-state index in [1.165, 1.54) is 20.3 Å². The fourth-order valence-corrected chi connectivity index (χ4v) is 2.36. The number of amides is 1. The van der Waals surface area contributed by atoms with Crippen LogP contribution in [0.15, 0.2) is 36.4 Å². The van der Waals surface area contributed by atoms with E-state index in [0.29, 0.717) is 17.1 Å². The summed E-state index contributed by atoms with van der Waals surface area (Å²) in [4.78, 5) is 24.1. The van der Waals surface area contributed by atoms with E-state index in [9.17, 15) is 9.59 Å². The van der Waals surface area contributed by atoms with Crippen molar-refractivity contribution in [3.8, 4) is 11.5 Å². The zero-order valence-electron chi connectivity index (χ0n) is 15.6. The van der Waals surface area contributed by atoms with Crippen molar-refractivity contribution in [2.75, 3.05) is 19.5 Å². The lowest BCUT2D eigenvalue weighted by atomic mass is 10.1. The molecular formula is C20H23NO5. The van der Waals surface area contributed by atoms with Gasteiger partial charge in [-0.3, -0.25) is 4.79 Å². The maximum Gasteiger partial charge on any atom is 0.337 e. The van der Waals surface area contributed by atoms with Gasteiger partial charge >= 0.3 is 5.97 Å². The van der Waals surface area contributed by atoms with Crippen LogP contribution in [0.3, 0.4) is 0 Å². The highest BCUT2D eigenvalue weighted by Crippen LogP contribution is 2.29. The van der Waals surface area contributed by atoms with E-state index in [1.807, 2.05) is 32.0 Å². The number of ether oxygens (including phenoxy) is 3. The molecule has 0 unspecified atom stereocenters. The van der Waals surface area contributed by atoms with Gasteiger partial charge in [0.2, 0.25) is 0 Å². The Bertz CT molecular complexity index is 816. The van der Waals surface area contributed by atoms with E-state index in [-0.39, 0.29) is 5.91 Å². The Labute approximate surface area is 153 Å². The van der Waals surface area contributed by atoms with Gasteiger partial charge in [-0.05, 0) is 56.2 Å². The summed E-state index contributed by atoms with van der Waals surface area (Å²) >= 11 is 0. The number of carbonyl (C=O) groups excluding carboxylic acids is 2. The van der Waals surface area contributed by atoms with Gasteiger partial charge in [0.05, 0.1) is 19.8 Å². The summed E-state index contributed by atoms with van der Waals surface area (Å²) in [5, 5.41) is 2.87. The third-order valence-electron chi connectivity index (χ3n) is 3.91. The molecule has 0 bridgehead atoms. The first-order valence-corrected chi connectivity index (χ1v) is 8.16. The third kappa shape index (κ3) is 4.53. The van der Waals surface area contributed by atoms with E-state index in [4.69, 9.17) is 9.47 Å². The minimum absolute atomic E-state index is 0.280. The number of carbonyl (C=O) groups is 2. The second kappa shape index (κ2) is 8.38. The smallest absolute Gasteiger partial charge is 0.337 e. The van der Waals surface area contributed by atoms with Crippen LogP contribution in [0.5, 0.6) is 11.5 Å². The van der Waals surface area contributed by atoms with Crippen LogP contribution >= 0.6 is 0 Å². The molecule has 1 N–H and O–H groups in total. The van der Waals surface area contributed by atoms with Gasteiger partial charge in [-0.2, -0.15) is 0 Å². The molecule has 2 aromatic rings. The highest BCUT2D eigenvalue weighted by Gasteiger charge is 2.19. The molecule has 1 atom stereocenters. The number of rotatable bonds is 6. The molecule has 6 nitrogen and oxygen atoms in total. The van der Waals surface area contributed by atoms with Crippen LogP contribution in [0.2, 0.25) is 0 Å². The molecule has 0 saturated heterocycles. The van der Waals surface area contributed by atoms with Crippen molar-refractivity contribution in [3.63, 3.8) is 0 Å². The first-order valence-electron chi connectivity index (χ1n) is 8.16. The number of methoxy groups -OCH3 is 2. The van der Waals surface area contributed by atoms with Gasteiger partial charge in [-0.1, -0.05) is 12.1 Å². The van der Waals surface area contributed by atoms with Gasteiger partial charge in [0.15, 0.2) is 17.6 Å². The van der Waals surface area contributed by atoms with Crippen LogP contribution in [0.1, 0.15) is 28.4 Å². The second-order valence-corrected chi connectivity index (χ2v) is 5.92. The molecule has 0 radical (unpaired) electrons. The topological polar surface area (TPSA) is 73.9 Å². The monoisotopic (exact) mass is 357 g/mol. The van der Waals surface area contributed by atoms with E-state index < -0.39 is 12.1 Å². The maximum absolute atomic E-state index is 12.5. The second-order valence-electron chi connectivity index (χ2n) is 5.92. The van der Waals surface area contributed by atoms with Crippen molar-refractivity contribution in [1.82, 2.24) is 0 Å². The Balaban J connectivity index is 2.13. The zero-order valence-corrected chi connectivity index (χ0v) is 15.6. The summed E-state index contributed by atoms with van der Waals surface area (Å²) in [5.41, 5.74) is 3.11. The molecule has 6 heteroatoms. The van der Waals surface area contributed by atoms with Gasteiger partial charge in [0, 0.05) is 5.69 Å². The summed E-state index contributed by atoms with van der Waals surface area (Å²) in [6.07, 6.45) is -0.757. The van der Waals surface area contributed by atoms with Gasteiger partial charge in [0.1, 0.15) is 0 Å². The van der Waals surface area contributed by atoms with E-state index >= 15 is 0 Å². The van der Waals surface area contributed by atoms with E-state index in [1.54, 1.807) is 19.1 Å². The summed E-state index contributed by atoms with van der Waals surface area (Å²) in [7, 11) is 2.77. The van der Waals surface area contributed by atoms with Crippen LogP contribution in [0, 0.1) is 13.8 Å². The minimum atomic E-state index is -0.757. The van der Waals surface area contributed by atoms with Crippen molar-refractivity contribution >= 4 is 17.6 Å². The lowest BCUT2D eigenvalue weighted by molar-refractivity contribution is -0.122. The quantitative estimate of drug-likeness (QED) is 0.801. The number of hydrogen-bond donors (Lipinski definition) is 1. The van der Waals surface area contributed by atoms with Gasteiger partial charge in [-0.25, -0.2) is 4.79 Å². The van der Waals surface area contributed by atoms with Crippen molar-refractivity contribution < 1.29 is 23.8 Å². The number of hydrogen-bond acceptors (Lipinski definition) is 5. The predicted octanol–water partition coefficient (Wildman–Crippen LogP) is 3.50. The van der Waals surface area contributed by atoms with Gasteiger partial charge < -0.3 is 19.5 Å². The summed E-state index contributed by atoms with van der Waals surface area (Å²) in [6, 6.07) is 10.5. The maximum atomic E-state index is 12.5. The molecule has 0 heterocycles. The van der Waals surface area contributed by atoms with Crippen molar-refractivity contribution in [1.29, 1.82) is 0 Å². The molecule has 2 aromatic carbocycles. The number of aryl methyl sites for hydroxylation is 2. The van der Waals surface area contributed by atoms with Crippen molar-refractivity contribution in [2.45, 2.75) is 26.9 Å². The molecular weight excluding hydrogens is 334 g/mol. The number of nitrogens with one attached hydrogen (secondary N) is 1. The number of anilines is 1. The zero-order chi connectivity index (χ0) is 19.3. The normalized spacial score (nSPS) is 11.4. The van der Waals surface area contributed by atoms with Crippen LogP contribution < -0.4 is 14.8 Å². The molecule has 0 aromatic heterocycles. The molecule has 138 valence electrons. The Morgan fingerprint density at radius 2 is 1.73 bits per heavy atom. The molecule has 0 aliphatic rings. The largest absolute Gasteiger partial charge is 0.493 e. The van der Waals surface area contributed by atoms with Crippen molar-refractivity contribution in [3.05, 3.63) is 53.1 Å². The molecule has 0 aliphatic heterocycles. The fourth-order valence-electron chi connectivity index (χ4n) is 2.36. The van der Waals surface area contributed by atoms with Crippen LogP contribution in [-0.2, 0) is 9.53 Å². The van der Waals surface area contributed by atoms with E-state index in [0.717, 1.165) is 16.8 Å². The first kappa shape index (κ1) is 19.3. The average Bonchev–Trinajstić information content (AvgIpc) is 2.64. The average molecular weight is 357 g/mol. The summed E-state index contributed by atoms with van der Waals surface area (Å²) in [6.45, 7) is 5.53. The van der Waals surface area contributed by atoms with Gasteiger partial charge in [0.25, 0.3) is 5.91 Å². The highest BCUT2D eigenvalue weighted by molar-refractivity contribution is 5.95. The predicted molar refractivity (Wildman–Crippen MR) is 99.0 cm³/mol. The van der Waals surface area contributed by atoms with Crippen LogP contribution in [0.25, 0.3) is 0 Å². The Hall–Kier alpha value is -3.02. The standard InChI is InChI=1S/C20H23NO5/c1-12-6-7-13(2)16(10-12)21-19(22)14(3)26-17-9-8-15(20(23)25-5)11-18(17)24-4/h6-11,14H,1-5H3,(H,21,22)/t14-/m0/s1. The molecule has 0 saturated carbocycles. The Kier molecular flexibility index (Phi) is 6.22. The first-order chi connectivity index (χ1) is 12.3. The minimum Gasteiger partial charge on any atom is -0.493 e. The van der Waals surface area contributed by atoms with Crippen molar-refractivity contribution in [2.24, 2.45) is 0 Å². The lowest BCUT2D eigenvalue weighted by Gasteiger charge is -2.18. The van der Waals surface area contributed by atoms with E-state index in [2.05, 4.69) is 10.1 Å².